The van der Waals surface area contributed by atoms with Crippen LogP contribution >= 0.6 is 47.2 Å². The molecule has 0 saturated heterocycles. The van der Waals surface area contributed by atoms with Crippen LogP contribution in [0.3, 0.4) is 0 Å². The van der Waals surface area contributed by atoms with Gasteiger partial charge in [0.05, 0.1) is 5.56 Å². The summed E-state index contributed by atoms with van der Waals surface area (Å²) >= 11 is 17.4. The van der Waals surface area contributed by atoms with E-state index in [4.69, 9.17) is 46.4 Å². The van der Waals surface area contributed by atoms with Gasteiger partial charge in [-0.2, -0.15) is 4.98 Å². The molecule has 2 amide bonds. The van der Waals surface area contributed by atoms with E-state index in [0.717, 1.165) is 71.8 Å². The van der Waals surface area contributed by atoms with Gasteiger partial charge in [-0.3, -0.25) is 14.6 Å². The van der Waals surface area contributed by atoms with E-state index < -0.39 is 0 Å². The van der Waals surface area contributed by atoms with Crippen molar-refractivity contribution in [2.75, 3.05) is 22.2 Å². The van der Waals surface area contributed by atoms with E-state index in [9.17, 15) is 9.59 Å². The lowest BCUT2D eigenvalue weighted by Crippen LogP contribution is -2.44. The van der Waals surface area contributed by atoms with Crippen molar-refractivity contribution >= 4 is 76.2 Å². The van der Waals surface area contributed by atoms with Gasteiger partial charge in [0.1, 0.15) is 10.7 Å². The molecule has 2 heterocycles. The summed E-state index contributed by atoms with van der Waals surface area (Å²) in [6.45, 7) is 8.67. The van der Waals surface area contributed by atoms with Crippen molar-refractivity contribution in [2.24, 2.45) is 17.5 Å². The molecule has 6 rings (SSSR count). The normalized spacial score (nSPS) is 14.3. The summed E-state index contributed by atoms with van der Waals surface area (Å²) < 4.78 is 0. The maximum absolute atomic E-state index is 12.9. The van der Waals surface area contributed by atoms with Gasteiger partial charge < -0.3 is 16.4 Å². The number of carbonyl (C=O) groups is 2. The third kappa shape index (κ3) is 12.7. The number of hydrogen-bond acceptors (Lipinski definition) is 9. The average molecular weight is 820 g/mol. The molecule has 0 spiro atoms. The van der Waals surface area contributed by atoms with Crippen molar-refractivity contribution in [3.05, 3.63) is 97.9 Å². The van der Waals surface area contributed by atoms with Gasteiger partial charge in [0.25, 0.3) is 11.8 Å². The molecule has 4 aromatic rings. The number of rotatable bonds is 7. The average Bonchev–Trinajstić information content (AvgIpc) is 3.15. The Morgan fingerprint density at radius 2 is 1.13 bits per heavy atom. The number of nitrogens with two attached hydrogens (primary N) is 2. The third-order valence-corrected chi connectivity index (χ3v) is 10.3. The lowest BCUT2D eigenvalue weighted by molar-refractivity contribution is 0.101. The number of hydrazine groups is 1. The van der Waals surface area contributed by atoms with Gasteiger partial charge in [0, 0.05) is 29.8 Å². The Kier molecular flexibility index (Phi) is 18.3. The molecule has 2 fully saturated rings. The number of amides is 2. The zero-order chi connectivity index (χ0) is 38.5. The molecule has 0 aliphatic heterocycles. The van der Waals surface area contributed by atoms with Gasteiger partial charge in [0.2, 0.25) is 10.6 Å². The highest BCUT2D eigenvalue weighted by atomic mass is 35.5. The Morgan fingerprint density at radius 3 is 1.57 bits per heavy atom. The van der Waals surface area contributed by atoms with Gasteiger partial charge in [-0.25, -0.2) is 20.8 Å². The van der Waals surface area contributed by atoms with Gasteiger partial charge in [0.15, 0.2) is 5.82 Å². The molecule has 6 N–H and O–H groups in total. The van der Waals surface area contributed by atoms with Crippen LogP contribution in [0.25, 0.3) is 0 Å². The number of nitrogens with zero attached hydrogens (tertiary/aromatic N) is 5. The topological polar surface area (TPSA) is 165 Å². The number of aromatic nitrogens is 4. The minimum absolute atomic E-state index is 0. The largest absolute Gasteiger partial charge is 0.330 e. The number of benzene rings is 2. The summed E-state index contributed by atoms with van der Waals surface area (Å²) in [6, 6.07) is 11.8. The molecule has 0 bridgehead atoms. The first kappa shape index (κ1) is 44.8. The number of para-hydroxylation sites is 2. The van der Waals surface area contributed by atoms with Crippen LogP contribution in [-0.2, 0) is 0 Å². The van der Waals surface area contributed by atoms with Crippen molar-refractivity contribution in [3.63, 3.8) is 0 Å². The highest BCUT2D eigenvalue weighted by Gasteiger charge is 2.26. The quantitative estimate of drug-likeness (QED) is 0.0615. The van der Waals surface area contributed by atoms with E-state index in [-0.39, 0.29) is 51.5 Å². The van der Waals surface area contributed by atoms with Gasteiger partial charge in [-0.1, -0.05) is 86.5 Å². The Hall–Kier alpha value is -3.58. The van der Waals surface area contributed by atoms with Crippen LogP contribution in [0.2, 0.25) is 15.7 Å². The smallest absolute Gasteiger partial charge is 0.261 e. The van der Waals surface area contributed by atoms with Crippen LogP contribution in [0.15, 0.2) is 48.8 Å². The minimum atomic E-state index is -0.362. The second-order valence-electron chi connectivity index (χ2n) is 13.6. The van der Waals surface area contributed by atoms with Crippen molar-refractivity contribution in [3.8, 4) is 0 Å². The first-order valence-corrected chi connectivity index (χ1v) is 19.2. The maximum Gasteiger partial charge on any atom is 0.261 e. The fourth-order valence-electron chi connectivity index (χ4n) is 6.54. The fourth-order valence-corrected chi connectivity index (χ4v) is 7.06. The lowest BCUT2D eigenvalue weighted by atomic mass is 9.90. The van der Waals surface area contributed by atoms with E-state index in [1.807, 2.05) is 64.1 Å². The number of halogens is 4. The molecule has 54 heavy (non-hydrogen) atoms. The summed E-state index contributed by atoms with van der Waals surface area (Å²) in [5.41, 5.74) is 11.5. The number of anilines is 3. The summed E-state index contributed by atoms with van der Waals surface area (Å²) in [5, 5.41) is 7.48. The molecule has 2 aromatic heterocycles. The Labute approximate surface area is 339 Å². The fraction of sp³-hybridized carbons (Fsp3) is 0.436. The molecular formula is C39H51Cl4N9O2. The second kappa shape index (κ2) is 22.1. The van der Waals surface area contributed by atoms with Crippen LogP contribution in [0.1, 0.15) is 107 Å². The minimum Gasteiger partial charge on any atom is -0.330 e. The molecule has 2 aliphatic carbocycles. The van der Waals surface area contributed by atoms with E-state index in [2.05, 4.69) is 30.6 Å². The van der Waals surface area contributed by atoms with Crippen molar-refractivity contribution in [2.45, 2.75) is 97.9 Å². The zero-order valence-corrected chi connectivity index (χ0v) is 34.4. The highest BCUT2D eigenvalue weighted by Crippen LogP contribution is 2.28. The summed E-state index contributed by atoms with van der Waals surface area (Å²) in [7, 11) is 0. The van der Waals surface area contributed by atoms with Crippen LogP contribution in [0.4, 0.5) is 17.2 Å². The lowest BCUT2D eigenvalue weighted by Gasteiger charge is -2.32. The summed E-state index contributed by atoms with van der Waals surface area (Å²) in [6.07, 6.45) is 15.2. The zero-order valence-electron chi connectivity index (χ0n) is 31.3. The number of aryl methyl sites for hydroxylation is 4. The van der Waals surface area contributed by atoms with Crippen molar-refractivity contribution in [1.29, 1.82) is 0 Å². The van der Waals surface area contributed by atoms with Crippen LogP contribution < -0.4 is 27.2 Å². The maximum atomic E-state index is 12.9. The summed E-state index contributed by atoms with van der Waals surface area (Å²) in [4.78, 5) is 40.8. The third-order valence-electron chi connectivity index (χ3n) is 9.65. The molecule has 292 valence electrons. The molecule has 2 saturated carbocycles. The second-order valence-corrected chi connectivity index (χ2v) is 14.6. The predicted molar refractivity (Wildman–Crippen MR) is 223 cm³/mol. The number of hydrogen-bond donors (Lipinski definition) is 4. The molecular weight excluding hydrogens is 768 g/mol. The Morgan fingerprint density at radius 1 is 0.704 bits per heavy atom. The first-order chi connectivity index (χ1) is 25.4. The Bertz CT molecular complexity index is 1810. The van der Waals surface area contributed by atoms with Crippen LogP contribution in [0, 0.1) is 33.6 Å². The van der Waals surface area contributed by atoms with E-state index in [1.165, 1.54) is 50.9 Å². The van der Waals surface area contributed by atoms with Gasteiger partial charge >= 0.3 is 0 Å². The van der Waals surface area contributed by atoms with Crippen molar-refractivity contribution in [1.82, 2.24) is 19.9 Å². The monoisotopic (exact) mass is 817 g/mol. The standard InChI is InChI=1S/C19H24ClN5O.C13H11Cl2N3O.C7H15N.ClH/c1-12-7-6-8-13(2)16(12)23-18(26)15-11-22-19(20)24-17(15)25(21)14-9-4-3-5-10-14;1-7-4-3-5-8(2)10(7)17-12(19)9-6-16-13(15)18-11(9)14;8-6-7-4-2-1-3-5-7;/h6-8,11,14H,3-5,9-10,21H2,1-2H3,(H,23,26);3-6H,1-2H3,(H,17,19);7H,1-6,8H2;1H. The molecule has 15 heteroatoms. The summed E-state index contributed by atoms with van der Waals surface area (Å²) in [5.74, 6) is 6.92. The molecule has 0 radical (unpaired) electrons. The predicted octanol–water partition coefficient (Wildman–Crippen LogP) is 9.61. The molecule has 11 nitrogen and oxygen atoms in total. The Balaban J connectivity index is 0.000000244. The van der Waals surface area contributed by atoms with E-state index >= 15 is 0 Å². The molecule has 2 aliphatic rings. The van der Waals surface area contributed by atoms with Gasteiger partial charge in [-0.05, 0) is 111 Å². The molecule has 2 aromatic carbocycles. The highest BCUT2D eigenvalue weighted by molar-refractivity contribution is 6.34. The molecule has 0 unspecified atom stereocenters. The van der Waals surface area contributed by atoms with Crippen molar-refractivity contribution < 1.29 is 9.59 Å². The van der Waals surface area contributed by atoms with Crippen LogP contribution in [-0.4, -0.2) is 44.3 Å². The van der Waals surface area contributed by atoms with Crippen LogP contribution in [0.5, 0.6) is 0 Å². The van der Waals surface area contributed by atoms with E-state index in [1.54, 1.807) is 5.01 Å². The first-order valence-electron chi connectivity index (χ1n) is 18.1. The van der Waals surface area contributed by atoms with Gasteiger partial charge in [-0.15, -0.1) is 12.4 Å². The van der Waals surface area contributed by atoms with E-state index in [0.29, 0.717) is 11.4 Å². The SMILES string of the molecule is Cc1cccc(C)c1NC(=O)c1cnc(Cl)nc1Cl.Cc1cccc(C)c1NC(=O)c1cnc(Cl)nc1N(N)C1CCCCC1.Cl.NCC1CCCCC1. The molecule has 0 atom stereocenters. The number of nitrogens with one attached hydrogen (secondary N) is 2. The number of carbonyl (C=O) groups excluding carboxylic acids is 2.